The molecule has 0 heterocycles. The maximum absolute atomic E-state index is 12.2. The zero-order valence-corrected chi connectivity index (χ0v) is 15.8. The first kappa shape index (κ1) is 23.2. The molecule has 0 unspecified atom stereocenters. The first-order valence-corrected chi connectivity index (χ1v) is 8.72. The van der Waals surface area contributed by atoms with Gasteiger partial charge in [0.25, 0.3) is 0 Å². The SMILES string of the molecule is NOOc1ccc(C(=O)O)c(C(=O)OCCCOOCc2ccccc2COO)c1. The predicted octanol–water partition coefficient (Wildman–Crippen LogP) is 2.25. The Hall–Kier alpha value is -3.06. The summed E-state index contributed by atoms with van der Waals surface area (Å²) in [5, 5.41) is 17.8. The summed E-state index contributed by atoms with van der Waals surface area (Å²) in [5.41, 5.74) is 1.06. The van der Waals surface area contributed by atoms with Crippen LogP contribution in [0, 0.1) is 0 Å². The summed E-state index contributed by atoms with van der Waals surface area (Å²) in [5.74, 6) is 2.67. The van der Waals surface area contributed by atoms with E-state index < -0.39 is 11.9 Å². The van der Waals surface area contributed by atoms with E-state index in [1.807, 2.05) is 6.07 Å². The molecule has 4 N–H and O–H groups in total. The third-order valence-electron chi connectivity index (χ3n) is 3.83. The molecule has 11 heteroatoms. The minimum atomic E-state index is -1.30. The number of benzene rings is 2. The number of carboxylic acids is 1. The number of esters is 1. The first-order valence-electron chi connectivity index (χ1n) is 8.72. The van der Waals surface area contributed by atoms with Gasteiger partial charge in [-0.15, -0.1) is 0 Å². The lowest BCUT2D eigenvalue weighted by atomic mass is 10.1. The summed E-state index contributed by atoms with van der Waals surface area (Å²) in [6, 6.07) is 10.8. The Morgan fingerprint density at radius 2 is 1.67 bits per heavy atom. The fourth-order valence-electron chi connectivity index (χ4n) is 2.42. The van der Waals surface area contributed by atoms with Crippen molar-refractivity contribution in [1.82, 2.24) is 0 Å². The monoisotopic (exact) mass is 423 g/mol. The van der Waals surface area contributed by atoms with Crippen molar-refractivity contribution in [2.45, 2.75) is 19.6 Å². The van der Waals surface area contributed by atoms with Crippen LogP contribution < -0.4 is 10.8 Å². The van der Waals surface area contributed by atoms with Crippen LogP contribution in [0.3, 0.4) is 0 Å². The molecule has 2 rings (SSSR count). The number of carboxylic acid groups (broad SMARTS) is 1. The highest BCUT2D eigenvalue weighted by molar-refractivity contribution is 6.02. The van der Waals surface area contributed by atoms with Crippen molar-refractivity contribution in [1.29, 1.82) is 0 Å². The summed E-state index contributed by atoms with van der Waals surface area (Å²) >= 11 is 0. The van der Waals surface area contributed by atoms with E-state index >= 15 is 0 Å². The van der Waals surface area contributed by atoms with Crippen LogP contribution in [0.1, 0.15) is 38.3 Å². The molecule has 11 nitrogen and oxygen atoms in total. The molecule has 2 aromatic carbocycles. The molecule has 0 amide bonds. The minimum Gasteiger partial charge on any atom is -0.478 e. The molecule has 0 fully saturated rings. The number of ether oxygens (including phenoxy) is 1. The van der Waals surface area contributed by atoms with E-state index in [0.29, 0.717) is 6.42 Å². The van der Waals surface area contributed by atoms with Crippen LogP contribution in [0.4, 0.5) is 0 Å². The van der Waals surface area contributed by atoms with Crippen LogP contribution in [-0.4, -0.2) is 35.5 Å². The molecule has 0 aliphatic carbocycles. The third kappa shape index (κ3) is 7.08. The van der Waals surface area contributed by atoms with Crippen LogP contribution in [-0.2, 0) is 37.6 Å². The van der Waals surface area contributed by atoms with Crippen LogP contribution >= 0.6 is 0 Å². The second-order valence-corrected chi connectivity index (χ2v) is 5.81. The topological polar surface area (TPSA) is 156 Å². The highest BCUT2D eigenvalue weighted by Gasteiger charge is 2.19. The Balaban J connectivity index is 1.75. The zero-order valence-electron chi connectivity index (χ0n) is 15.8. The van der Waals surface area contributed by atoms with Gasteiger partial charge in [-0.1, -0.05) is 29.3 Å². The van der Waals surface area contributed by atoms with Gasteiger partial charge in [-0.25, -0.2) is 24.3 Å². The quantitative estimate of drug-likeness (QED) is 0.188. The number of carbonyl (C=O) groups excluding carboxylic acids is 1. The molecule has 30 heavy (non-hydrogen) atoms. The highest BCUT2D eigenvalue weighted by atomic mass is 17.3. The van der Waals surface area contributed by atoms with E-state index in [4.69, 9.17) is 25.7 Å². The molecule has 0 saturated carbocycles. The normalized spacial score (nSPS) is 10.6. The molecule has 0 spiro atoms. The van der Waals surface area contributed by atoms with Gasteiger partial charge in [-0.05, 0) is 29.3 Å². The summed E-state index contributed by atoms with van der Waals surface area (Å²) in [6.07, 6.45) is 0.303. The molecule has 0 atom stereocenters. The van der Waals surface area contributed by atoms with E-state index in [9.17, 15) is 14.7 Å². The van der Waals surface area contributed by atoms with Gasteiger partial charge in [0.2, 0.25) is 0 Å². The minimum absolute atomic E-state index is 0.0253. The fourth-order valence-corrected chi connectivity index (χ4v) is 2.42. The van der Waals surface area contributed by atoms with Gasteiger partial charge in [0.1, 0.15) is 13.2 Å². The van der Waals surface area contributed by atoms with E-state index in [1.54, 1.807) is 18.2 Å². The molecule has 0 aliphatic heterocycles. The van der Waals surface area contributed by atoms with Gasteiger partial charge in [-0.3, -0.25) is 5.26 Å². The van der Waals surface area contributed by atoms with Crippen molar-refractivity contribution >= 4 is 11.9 Å². The lowest BCUT2D eigenvalue weighted by Gasteiger charge is -2.10. The number of hydrogen-bond donors (Lipinski definition) is 3. The lowest BCUT2D eigenvalue weighted by molar-refractivity contribution is -0.305. The molecule has 162 valence electrons. The molecule has 0 aromatic heterocycles. The average Bonchev–Trinajstić information content (AvgIpc) is 2.74. The van der Waals surface area contributed by atoms with Gasteiger partial charge in [0, 0.05) is 6.42 Å². The second-order valence-electron chi connectivity index (χ2n) is 5.81. The van der Waals surface area contributed by atoms with Gasteiger partial charge in [-0.2, -0.15) is 5.90 Å². The average molecular weight is 423 g/mol. The van der Waals surface area contributed by atoms with Crippen molar-refractivity contribution in [3.05, 3.63) is 64.7 Å². The van der Waals surface area contributed by atoms with Crippen LogP contribution in [0.25, 0.3) is 0 Å². The number of aromatic carboxylic acids is 1. The van der Waals surface area contributed by atoms with Crippen LogP contribution in [0.2, 0.25) is 0 Å². The number of nitrogens with two attached hydrogens (primary N) is 1. The van der Waals surface area contributed by atoms with Crippen molar-refractivity contribution < 1.29 is 49.2 Å². The largest absolute Gasteiger partial charge is 0.478 e. The van der Waals surface area contributed by atoms with Gasteiger partial charge in [0.15, 0.2) is 5.75 Å². The number of rotatable bonds is 13. The Morgan fingerprint density at radius 1 is 0.933 bits per heavy atom. The maximum atomic E-state index is 12.2. The van der Waals surface area contributed by atoms with E-state index in [0.717, 1.165) is 17.2 Å². The number of hydrogen-bond acceptors (Lipinski definition) is 10. The van der Waals surface area contributed by atoms with Gasteiger partial charge < -0.3 is 14.7 Å². The number of carbonyl (C=O) groups is 2. The maximum Gasteiger partial charge on any atom is 0.339 e. The lowest BCUT2D eigenvalue weighted by Crippen LogP contribution is -2.14. The standard InChI is InChI=1S/C19H21NO10/c20-30-29-15-6-7-16(18(21)22)17(10-15)19(23)25-8-3-9-27-28-12-14-5-2-1-4-13(14)11-26-24/h1-2,4-7,10,24H,3,8-9,11-12,20H2,(H,21,22). The van der Waals surface area contributed by atoms with Crippen molar-refractivity contribution in [3.8, 4) is 5.75 Å². The molecule has 2 aromatic rings. The van der Waals surface area contributed by atoms with E-state index in [-0.39, 0.29) is 43.3 Å². The Bertz CT molecular complexity index is 842. The van der Waals surface area contributed by atoms with Gasteiger partial charge in [0.05, 0.1) is 24.3 Å². The Morgan fingerprint density at radius 3 is 2.33 bits per heavy atom. The van der Waals surface area contributed by atoms with Crippen LogP contribution in [0.15, 0.2) is 42.5 Å². The Kier molecular flexibility index (Phi) is 9.67. The van der Waals surface area contributed by atoms with Crippen LogP contribution in [0.5, 0.6) is 5.75 Å². The second kappa shape index (κ2) is 12.5. The zero-order chi connectivity index (χ0) is 21.8. The summed E-state index contributed by atoms with van der Waals surface area (Å²) in [7, 11) is 0. The van der Waals surface area contributed by atoms with Gasteiger partial charge >= 0.3 is 11.9 Å². The molecule has 0 bridgehead atoms. The predicted molar refractivity (Wildman–Crippen MR) is 98.8 cm³/mol. The molecular formula is C19H21NO10. The van der Waals surface area contributed by atoms with Crippen molar-refractivity contribution in [2.24, 2.45) is 5.90 Å². The molecule has 0 saturated heterocycles. The molecular weight excluding hydrogens is 402 g/mol. The van der Waals surface area contributed by atoms with E-state index in [2.05, 4.69) is 14.8 Å². The molecule has 0 radical (unpaired) electrons. The van der Waals surface area contributed by atoms with Crippen molar-refractivity contribution in [3.63, 3.8) is 0 Å². The first-order chi connectivity index (χ1) is 14.6. The Labute approximate surface area is 171 Å². The highest BCUT2D eigenvalue weighted by Crippen LogP contribution is 2.19. The third-order valence-corrected chi connectivity index (χ3v) is 3.83. The summed E-state index contributed by atoms with van der Waals surface area (Å²) in [6.45, 7) is 0.255. The summed E-state index contributed by atoms with van der Waals surface area (Å²) in [4.78, 5) is 46.3. The smallest absolute Gasteiger partial charge is 0.339 e. The van der Waals surface area contributed by atoms with E-state index in [1.165, 1.54) is 12.1 Å². The summed E-state index contributed by atoms with van der Waals surface area (Å²) < 4.78 is 5.06. The fraction of sp³-hybridized carbons (Fsp3) is 0.263. The van der Waals surface area contributed by atoms with Crippen molar-refractivity contribution in [2.75, 3.05) is 13.2 Å². The molecule has 0 aliphatic rings.